The fraction of sp³-hybridized carbons (Fsp3) is 0.619. The lowest BCUT2D eigenvalue weighted by molar-refractivity contribution is -0.928. The fourth-order valence-corrected chi connectivity index (χ4v) is 3.86. The first-order chi connectivity index (χ1) is 12.5. The van der Waals surface area contributed by atoms with Gasteiger partial charge < -0.3 is 15.0 Å². The predicted octanol–water partition coefficient (Wildman–Crippen LogP) is 5.78. The van der Waals surface area contributed by atoms with Crippen molar-refractivity contribution in [3.05, 3.63) is 22.2 Å². The fourth-order valence-electron chi connectivity index (χ4n) is 3.25. The summed E-state index contributed by atoms with van der Waals surface area (Å²) < 4.78 is 6.94. The molecule has 0 heterocycles. The van der Waals surface area contributed by atoms with Gasteiger partial charge in [-0.3, -0.25) is 0 Å². The number of ether oxygens (including phenoxy) is 1. The van der Waals surface area contributed by atoms with Gasteiger partial charge in [-0.2, -0.15) is 0 Å². The maximum atomic E-state index is 6.19. The van der Waals surface area contributed by atoms with E-state index in [4.69, 9.17) is 40.1 Å². The van der Waals surface area contributed by atoms with Crippen LogP contribution in [0, 0.1) is 12.3 Å². The van der Waals surface area contributed by atoms with E-state index < -0.39 is 0 Å². The highest BCUT2D eigenvalue weighted by atomic mass is 35.5. The molecule has 1 rings (SSSR count). The van der Waals surface area contributed by atoms with Crippen molar-refractivity contribution in [3.63, 3.8) is 0 Å². The van der Waals surface area contributed by atoms with Crippen LogP contribution in [0.1, 0.15) is 52.4 Å². The Kier molecular flexibility index (Phi) is 10.9. The topological polar surface area (TPSA) is 35.2 Å². The Morgan fingerprint density at radius 1 is 1.00 bits per heavy atom. The summed E-state index contributed by atoms with van der Waals surface area (Å²) in [6.45, 7) is 9.53. The minimum absolute atomic E-state index is 0.458. The highest BCUT2D eigenvalue weighted by Crippen LogP contribution is 2.35. The van der Waals surface area contributed by atoms with Gasteiger partial charge in [-0.05, 0) is 25.0 Å². The molecule has 0 spiro atoms. The lowest BCUT2D eigenvalue weighted by Crippen LogP contribution is -2.51. The second kappa shape index (κ2) is 12.3. The molecule has 0 amide bonds. The summed E-state index contributed by atoms with van der Waals surface area (Å²) in [6, 6.07) is 3.33. The van der Waals surface area contributed by atoms with E-state index in [0.717, 1.165) is 30.4 Å². The number of hydrogen-bond acceptors (Lipinski definition) is 2. The molecule has 0 atom stereocenters. The zero-order valence-electron chi connectivity index (χ0n) is 16.2. The molecule has 2 N–H and O–H groups in total. The number of benzene rings is 1. The zero-order chi connectivity index (χ0) is 19.4. The molecular weight excluding hydrogens is 367 g/mol. The normalized spacial score (nSPS) is 11.3. The largest absolute Gasteiger partial charge is 0.490 e. The molecule has 0 aromatic heterocycles. The summed E-state index contributed by atoms with van der Waals surface area (Å²) in [7, 11) is 0. The number of halogens is 2. The molecule has 1 aromatic carbocycles. The number of nitrogen functional groups attached to an aromatic ring is 1. The van der Waals surface area contributed by atoms with Crippen molar-refractivity contribution >= 4 is 28.9 Å². The van der Waals surface area contributed by atoms with Crippen molar-refractivity contribution < 1.29 is 9.22 Å². The molecule has 0 saturated heterocycles. The van der Waals surface area contributed by atoms with Crippen molar-refractivity contribution in [2.45, 2.75) is 52.4 Å². The molecule has 0 saturated carbocycles. The Morgan fingerprint density at radius 3 is 2.04 bits per heavy atom. The Morgan fingerprint density at radius 2 is 1.54 bits per heavy atom. The van der Waals surface area contributed by atoms with Crippen LogP contribution in [-0.2, 0) is 0 Å². The van der Waals surface area contributed by atoms with Crippen LogP contribution in [0.4, 0.5) is 5.69 Å². The van der Waals surface area contributed by atoms with Crippen molar-refractivity contribution in [2.24, 2.45) is 0 Å². The zero-order valence-corrected chi connectivity index (χ0v) is 17.7. The minimum Gasteiger partial charge on any atom is -0.490 e. The number of terminal acetylenes is 1. The molecular formula is C21H33Cl2N2O+. The van der Waals surface area contributed by atoms with Crippen LogP contribution in [0.15, 0.2) is 12.1 Å². The first kappa shape index (κ1) is 23.0. The Hall–Kier alpha value is -1.08. The van der Waals surface area contributed by atoms with Crippen molar-refractivity contribution in [3.8, 4) is 18.1 Å². The van der Waals surface area contributed by atoms with Gasteiger partial charge in [-0.1, -0.05) is 49.9 Å². The number of nitrogens with two attached hydrogens (primary N) is 1. The SMILES string of the molecule is C#CCC[N+](CCCC)(CCCC)CCCOc1c(Cl)cc(N)cc1Cl. The summed E-state index contributed by atoms with van der Waals surface area (Å²) >= 11 is 12.4. The summed E-state index contributed by atoms with van der Waals surface area (Å²) in [4.78, 5) is 0. The summed E-state index contributed by atoms with van der Waals surface area (Å²) in [5.41, 5.74) is 6.28. The first-order valence-electron chi connectivity index (χ1n) is 9.64. The second-order valence-corrected chi connectivity index (χ2v) is 7.73. The van der Waals surface area contributed by atoms with Crippen molar-refractivity contribution in [1.29, 1.82) is 0 Å². The molecule has 0 radical (unpaired) electrons. The highest BCUT2D eigenvalue weighted by Gasteiger charge is 2.25. The van der Waals surface area contributed by atoms with Gasteiger partial charge >= 0.3 is 0 Å². The van der Waals surface area contributed by atoms with E-state index in [0.29, 0.717) is 28.1 Å². The van der Waals surface area contributed by atoms with Crippen LogP contribution in [0.25, 0.3) is 0 Å². The molecule has 26 heavy (non-hydrogen) atoms. The maximum Gasteiger partial charge on any atom is 0.156 e. The number of quaternary nitrogens is 1. The monoisotopic (exact) mass is 399 g/mol. The molecule has 5 heteroatoms. The number of hydrogen-bond donors (Lipinski definition) is 1. The maximum absolute atomic E-state index is 6.19. The summed E-state index contributed by atoms with van der Waals surface area (Å²) in [6.07, 6.45) is 12.2. The molecule has 146 valence electrons. The molecule has 0 fully saturated rings. The quantitative estimate of drug-likeness (QED) is 0.197. The average Bonchev–Trinajstić information content (AvgIpc) is 2.61. The van der Waals surface area contributed by atoms with Crippen LogP contribution in [0.3, 0.4) is 0 Å². The van der Waals surface area contributed by atoms with E-state index >= 15 is 0 Å². The van der Waals surface area contributed by atoms with Crippen LogP contribution in [0.5, 0.6) is 5.75 Å². The van der Waals surface area contributed by atoms with Crippen LogP contribution >= 0.6 is 23.2 Å². The van der Waals surface area contributed by atoms with Crippen molar-refractivity contribution in [2.75, 3.05) is 38.5 Å². The van der Waals surface area contributed by atoms with E-state index in [9.17, 15) is 0 Å². The number of anilines is 1. The number of unbranched alkanes of at least 4 members (excludes halogenated alkanes) is 2. The van der Waals surface area contributed by atoms with E-state index in [-0.39, 0.29) is 0 Å². The van der Waals surface area contributed by atoms with Crippen molar-refractivity contribution in [1.82, 2.24) is 0 Å². The van der Waals surface area contributed by atoms with Crippen LogP contribution in [-0.4, -0.2) is 37.3 Å². The van der Waals surface area contributed by atoms with Crippen LogP contribution < -0.4 is 10.5 Å². The van der Waals surface area contributed by atoms with Gasteiger partial charge in [0.2, 0.25) is 0 Å². The summed E-state index contributed by atoms with van der Waals surface area (Å²) in [5.74, 6) is 3.34. The van der Waals surface area contributed by atoms with Gasteiger partial charge in [-0.25, -0.2) is 0 Å². The van der Waals surface area contributed by atoms with E-state index in [1.807, 2.05) is 0 Å². The van der Waals surface area contributed by atoms with E-state index in [2.05, 4.69) is 19.8 Å². The average molecular weight is 400 g/mol. The number of nitrogens with zero attached hydrogens (tertiary/aromatic N) is 1. The van der Waals surface area contributed by atoms with Gasteiger partial charge in [0.05, 0.1) is 49.3 Å². The predicted molar refractivity (Wildman–Crippen MR) is 114 cm³/mol. The van der Waals surface area contributed by atoms with E-state index in [1.54, 1.807) is 12.1 Å². The third-order valence-corrected chi connectivity index (χ3v) is 5.31. The number of rotatable bonds is 13. The standard InChI is InChI=1S/C21H33Cl2N2O/c1-4-7-11-25(12-8-5-2,13-9-6-3)14-10-15-26-21-19(22)16-18(24)17-20(21)23/h1,16-17H,5-15,24H2,2-3H3/q+1. The van der Waals surface area contributed by atoms with Gasteiger partial charge in [-0.15, -0.1) is 12.3 Å². The van der Waals surface area contributed by atoms with Gasteiger partial charge in [0, 0.05) is 12.1 Å². The molecule has 0 aliphatic rings. The third kappa shape index (κ3) is 7.66. The lowest BCUT2D eigenvalue weighted by atomic mass is 10.1. The van der Waals surface area contributed by atoms with Gasteiger partial charge in [0.1, 0.15) is 0 Å². The Balaban J connectivity index is 2.68. The Labute approximate surface area is 169 Å². The highest BCUT2D eigenvalue weighted by molar-refractivity contribution is 6.37. The van der Waals surface area contributed by atoms with Crippen LogP contribution in [0.2, 0.25) is 10.0 Å². The second-order valence-electron chi connectivity index (χ2n) is 6.91. The molecule has 1 aromatic rings. The molecule has 0 aliphatic heterocycles. The third-order valence-electron chi connectivity index (χ3n) is 4.75. The first-order valence-corrected chi connectivity index (χ1v) is 10.4. The molecule has 3 nitrogen and oxygen atoms in total. The molecule has 0 aliphatic carbocycles. The lowest BCUT2D eigenvalue weighted by Gasteiger charge is -2.39. The molecule has 0 unspecified atom stereocenters. The smallest absolute Gasteiger partial charge is 0.156 e. The van der Waals surface area contributed by atoms with E-state index in [1.165, 1.54) is 38.8 Å². The Bertz CT molecular complexity index is 553. The van der Waals surface area contributed by atoms with Gasteiger partial charge in [0.25, 0.3) is 0 Å². The minimum atomic E-state index is 0.458. The van der Waals surface area contributed by atoms with Gasteiger partial charge in [0.15, 0.2) is 5.75 Å². The molecule has 0 bridgehead atoms. The summed E-state index contributed by atoms with van der Waals surface area (Å²) in [5, 5.41) is 0.917.